The predicted octanol–water partition coefficient (Wildman–Crippen LogP) is 0.766. The molecule has 2 fully saturated rings. The Labute approximate surface area is 96.2 Å². The monoisotopic (exact) mass is 227 g/mol. The third kappa shape index (κ3) is 2.65. The number of hydrogen-bond acceptors (Lipinski definition) is 4. The van der Waals surface area contributed by atoms with Gasteiger partial charge in [-0.2, -0.15) is 0 Å². The van der Waals surface area contributed by atoms with Crippen LogP contribution in [0.15, 0.2) is 5.16 Å². The average Bonchev–Trinajstić information content (AvgIpc) is 2.96. The Balaban J connectivity index is 1.79. The number of rotatable bonds is 4. The van der Waals surface area contributed by atoms with E-state index in [-0.39, 0.29) is 6.04 Å². The Bertz CT molecular complexity index is 252. The quantitative estimate of drug-likeness (QED) is 0.322. The summed E-state index contributed by atoms with van der Waals surface area (Å²) >= 11 is 0. The lowest BCUT2D eigenvalue weighted by Gasteiger charge is -2.24. The van der Waals surface area contributed by atoms with Crippen LogP contribution in [0.4, 0.5) is 0 Å². The third-order valence-electron chi connectivity index (χ3n) is 3.58. The molecule has 0 aromatic carbocycles. The largest absolute Gasteiger partial charge is 0.409 e. The number of ether oxygens (including phenoxy) is 1. The van der Waals surface area contributed by atoms with Crippen LogP contribution in [0.3, 0.4) is 0 Å². The number of nitrogens with zero attached hydrogens (tertiary/aromatic N) is 2. The average molecular weight is 227 g/mol. The Kier molecular flexibility index (Phi) is 4.01. The lowest BCUT2D eigenvalue weighted by atomic mass is 10.1. The third-order valence-corrected chi connectivity index (χ3v) is 3.58. The van der Waals surface area contributed by atoms with Crippen LogP contribution in [0.5, 0.6) is 0 Å². The topological polar surface area (TPSA) is 71.1 Å². The molecule has 0 bridgehead atoms. The Morgan fingerprint density at radius 3 is 3.00 bits per heavy atom. The Morgan fingerprint density at radius 1 is 1.44 bits per heavy atom. The van der Waals surface area contributed by atoms with Crippen LogP contribution in [-0.4, -0.2) is 47.8 Å². The SMILES string of the molecule is NC(=NO)C1CCCN1CCC1CCCO1. The van der Waals surface area contributed by atoms with E-state index in [1.807, 2.05) is 0 Å². The Hall–Kier alpha value is -0.810. The number of amidine groups is 1. The fourth-order valence-electron chi connectivity index (χ4n) is 2.68. The van der Waals surface area contributed by atoms with Crippen molar-refractivity contribution in [2.24, 2.45) is 10.9 Å². The van der Waals surface area contributed by atoms with Gasteiger partial charge in [-0.05, 0) is 38.6 Å². The minimum absolute atomic E-state index is 0.131. The maximum Gasteiger partial charge on any atom is 0.156 e. The Morgan fingerprint density at radius 2 is 2.31 bits per heavy atom. The molecule has 2 aliphatic rings. The summed E-state index contributed by atoms with van der Waals surface area (Å²) in [5.74, 6) is 0.352. The molecule has 0 amide bonds. The van der Waals surface area contributed by atoms with Gasteiger partial charge in [-0.25, -0.2) is 0 Å². The van der Waals surface area contributed by atoms with Crippen molar-refractivity contribution >= 4 is 5.84 Å². The lowest BCUT2D eigenvalue weighted by Crippen LogP contribution is -2.41. The van der Waals surface area contributed by atoms with Crippen LogP contribution in [-0.2, 0) is 4.74 Å². The number of oxime groups is 1. The molecule has 0 aliphatic carbocycles. The van der Waals surface area contributed by atoms with Crippen LogP contribution < -0.4 is 5.73 Å². The fraction of sp³-hybridized carbons (Fsp3) is 0.909. The molecule has 16 heavy (non-hydrogen) atoms. The second kappa shape index (κ2) is 5.50. The van der Waals surface area contributed by atoms with Crippen molar-refractivity contribution in [3.63, 3.8) is 0 Å². The summed E-state index contributed by atoms with van der Waals surface area (Å²) in [6, 6.07) is 0.131. The smallest absolute Gasteiger partial charge is 0.156 e. The summed E-state index contributed by atoms with van der Waals surface area (Å²) in [5.41, 5.74) is 5.68. The highest BCUT2D eigenvalue weighted by atomic mass is 16.5. The highest BCUT2D eigenvalue weighted by Crippen LogP contribution is 2.21. The molecule has 5 nitrogen and oxygen atoms in total. The van der Waals surface area contributed by atoms with Gasteiger partial charge < -0.3 is 15.7 Å². The van der Waals surface area contributed by atoms with Crippen molar-refractivity contribution in [3.05, 3.63) is 0 Å². The van der Waals surface area contributed by atoms with E-state index in [9.17, 15) is 0 Å². The van der Waals surface area contributed by atoms with E-state index in [0.717, 1.165) is 39.0 Å². The lowest BCUT2D eigenvalue weighted by molar-refractivity contribution is 0.0929. The first-order chi connectivity index (χ1) is 7.81. The first-order valence-electron chi connectivity index (χ1n) is 6.14. The summed E-state index contributed by atoms with van der Waals surface area (Å²) in [7, 11) is 0. The molecule has 2 heterocycles. The zero-order chi connectivity index (χ0) is 11.4. The normalized spacial score (nSPS) is 32.4. The van der Waals surface area contributed by atoms with Gasteiger partial charge in [0.2, 0.25) is 0 Å². The minimum atomic E-state index is 0.131. The molecule has 0 aromatic heterocycles. The number of nitrogens with two attached hydrogens (primary N) is 1. The van der Waals surface area contributed by atoms with E-state index in [2.05, 4.69) is 10.1 Å². The highest BCUT2D eigenvalue weighted by Gasteiger charge is 2.28. The predicted molar refractivity (Wildman–Crippen MR) is 61.6 cm³/mol. The maximum absolute atomic E-state index is 8.70. The molecule has 5 heteroatoms. The van der Waals surface area contributed by atoms with E-state index in [1.165, 1.54) is 12.8 Å². The molecular weight excluding hydrogens is 206 g/mol. The summed E-state index contributed by atoms with van der Waals surface area (Å²) in [5, 5.41) is 11.8. The first-order valence-corrected chi connectivity index (χ1v) is 6.14. The first kappa shape index (κ1) is 11.7. The van der Waals surface area contributed by atoms with Gasteiger partial charge in [0.15, 0.2) is 5.84 Å². The second-order valence-electron chi connectivity index (χ2n) is 4.64. The van der Waals surface area contributed by atoms with Gasteiger partial charge in [-0.3, -0.25) is 4.90 Å². The van der Waals surface area contributed by atoms with Crippen molar-refractivity contribution in [2.75, 3.05) is 19.7 Å². The van der Waals surface area contributed by atoms with Gasteiger partial charge in [0, 0.05) is 13.2 Å². The molecule has 0 spiro atoms. The molecule has 2 saturated heterocycles. The van der Waals surface area contributed by atoms with E-state index in [4.69, 9.17) is 15.7 Å². The summed E-state index contributed by atoms with van der Waals surface area (Å²) in [4.78, 5) is 2.30. The van der Waals surface area contributed by atoms with Crippen molar-refractivity contribution in [1.29, 1.82) is 0 Å². The van der Waals surface area contributed by atoms with Crippen LogP contribution in [0, 0.1) is 0 Å². The molecule has 0 radical (unpaired) electrons. The molecule has 92 valence electrons. The van der Waals surface area contributed by atoms with Crippen molar-refractivity contribution < 1.29 is 9.94 Å². The summed E-state index contributed by atoms with van der Waals surface area (Å²) in [6.07, 6.45) is 5.99. The molecule has 0 saturated carbocycles. The van der Waals surface area contributed by atoms with Crippen molar-refractivity contribution in [1.82, 2.24) is 4.90 Å². The molecule has 0 aromatic rings. The van der Waals surface area contributed by atoms with Gasteiger partial charge >= 0.3 is 0 Å². The zero-order valence-electron chi connectivity index (χ0n) is 9.64. The van der Waals surface area contributed by atoms with Crippen LogP contribution >= 0.6 is 0 Å². The zero-order valence-corrected chi connectivity index (χ0v) is 9.64. The minimum Gasteiger partial charge on any atom is -0.409 e. The van der Waals surface area contributed by atoms with Crippen LogP contribution in [0.25, 0.3) is 0 Å². The second-order valence-corrected chi connectivity index (χ2v) is 4.64. The highest BCUT2D eigenvalue weighted by molar-refractivity contribution is 5.85. The summed E-state index contributed by atoms with van der Waals surface area (Å²) in [6.45, 7) is 2.95. The molecule has 3 N–H and O–H groups in total. The van der Waals surface area contributed by atoms with E-state index in [0.29, 0.717) is 11.9 Å². The maximum atomic E-state index is 8.70. The molecule has 2 rings (SSSR count). The fourth-order valence-corrected chi connectivity index (χ4v) is 2.68. The number of hydrogen-bond donors (Lipinski definition) is 2. The molecule has 2 atom stereocenters. The van der Waals surface area contributed by atoms with Gasteiger partial charge in [0.05, 0.1) is 12.1 Å². The van der Waals surface area contributed by atoms with Gasteiger partial charge in [-0.15, -0.1) is 0 Å². The molecule has 2 unspecified atom stereocenters. The molecule has 2 aliphatic heterocycles. The molecular formula is C11H21N3O2. The van der Waals surface area contributed by atoms with Gasteiger partial charge in [0.1, 0.15) is 0 Å². The van der Waals surface area contributed by atoms with Crippen LogP contribution in [0.1, 0.15) is 32.1 Å². The standard InChI is InChI=1S/C11H21N3O2/c12-11(13-15)10-4-1-6-14(10)7-5-9-3-2-8-16-9/h9-10,15H,1-8H2,(H2,12,13). The van der Waals surface area contributed by atoms with Crippen molar-refractivity contribution in [2.45, 2.75) is 44.2 Å². The van der Waals surface area contributed by atoms with E-state index in [1.54, 1.807) is 0 Å². The van der Waals surface area contributed by atoms with Gasteiger partial charge in [0.25, 0.3) is 0 Å². The van der Waals surface area contributed by atoms with E-state index < -0.39 is 0 Å². The van der Waals surface area contributed by atoms with Gasteiger partial charge in [-0.1, -0.05) is 5.16 Å². The van der Waals surface area contributed by atoms with Crippen LogP contribution in [0.2, 0.25) is 0 Å². The van der Waals surface area contributed by atoms with Crippen molar-refractivity contribution in [3.8, 4) is 0 Å². The number of likely N-dealkylation sites (tertiary alicyclic amines) is 1. The van der Waals surface area contributed by atoms with E-state index >= 15 is 0 Å². The summed E-state index contributed by atoms with van der Waals surface area (Å²) < 4.78 is 5.60.